The van der Waals surface area contributed by atoms with E-state index in [1.54, 1.807) is 30.8 Å². The van der Waals surface area contributed by atoms with E-state index >= 15 is 0 Å². The first-order valence-corrected chi connectivity index (χ1v) is 12.7. The molecule has 0 saturated heterocycles. The lowest BCUT2D eigenvalue weighted by molar-refractivity contribution is -0.116. The molecule has 0 saturated carbocycles. The van der Waals surface area contributed by atoms with Gasteiger partial charge in [0.05, 0.1) is 0 Å². The van der Waals surface area contributed by atoms with E-state index in [1.165, 1.54) is 22.6 Å². The van der Waals surface area contributed by atoms with Gasteiger partial charge in [-0.05, 0) is 70.9 Å². The maximum absolute atomic E-state index is 13.1. The normalized spacial score (nSPS) is 11.5. The molecule has 0 aromatic heterocycles. The van der Waals surface area contributed by atoms with Crippen molar-refractivity contribution in [3.63, 3.8) is 0 Å². The summed E-state index contributed by atoms with van der Waals surface area (Å²) in [5, 5.41) is 0. The van der Waals surface area contributed by atoms with Gasteiger partial charge in [-0.25, -0.2) is 4.39 Å². The largest absolute Gasteiger partial charge is 0.300 e. The summed E-state index contributed by atoms with van der Waals surface area (Å²) in [6.45, 7) is 23.4. The molecule has 0 amide bonds. The fourth-order valence-corrected chi connectivity index (χ4v) is 3.91. The molecular weight excluding hydrogens is 439 g/mol. The average molecular weight is 481 g/mol. The average Bonchev–Trinajstić information content (AvgIpc) is 2.87. The lowest BCUT2D eigenvalue weighted by atomic mass is 9.98. The minimum atomic E-state index is -0.232. The van der Waals surface area contributed by atoms with Gasteiger partial charge in [0, 0.05) is 12.3 Å². The topological polar surface area (TPSA) is 17.1 Å². The molecule has 1 unspecified atom stereocenters. The van der Waals surface area contributed by atoms with E-state index in [2.05, 4.69) is 64.8 Å². The Morgan fingerprint density at radius 2 is 1.44 bits per heavy atom. The van der Waals surface area contributed by atoms with Crippen molar-refractivity contribution in [2.45, 2.75) is 60.8 Å². The molecule has 0 bridgehead atoms. The molecule has 0 aliphatic carbocycles. The number of carbonyl (C=O) groups is 1. The van der Waals surface area contributed by atoms with Crippen molar-refractivity contribution in [3.05, 3.63) is 102 Å². The number of ketones is 1. The molecule has 0 spiro atoms. The number of halogens is 1. The van der Waals surface area contributed by atoms with Gasteiger partial charge in [0.25, 0.3) is 0 Å². The summed E-state index contributed by atoms with van der Waals surface area (Å²) in [5.74, 6) is 0.136. The summed E-state index contributed by atoms with van der Waals surface area (Å²) < 4.78 is 13.1. The minimum absolute atomic E-state index is 0.178. The highest BCUT2D eigenvalue weighted by Crippen LogP contribution is 2.38. The molecule has 2 aromatic carbocycles. The third kappa shape index (κ3) is 11.5. The van der Waals surface area contributed by atoms with Gasteiger partial charge in [-0.1, -0.05) is 94.6 Å². The van der Waals surface area contributed by atoms with Gasteiger partial charge in [-0.2, -0.15) is 0 Å². The van der Waals surface area contributed by atoms with Crippen LogP contribution in [0.5, 0.6) is 0 Å². The molecule has 0 aliphatic heterocycles. The number of rotatable bonds is 10. The predicted octanol–water partition coefficient (Wildman–Crippen LogP) is 10.3. The second-order valence-corrected chi connectivity index (χ2v) is 8.86. The Labute approximate surface area is 211 Å². The number of hydrogen-bond acceptors (Lipinski definition) is 2. The van der Waals surface area contributed by atoms with E-state index in [-0.39, 0.29) is 17.5 Å². The van der Waals surface area contributed by atoms with E-state index in [1.807, 2.05) is 26.0 Å². The van der Waals surface area contributed by atoms with E-state index in [0.717, 1.165) is 28.0 Å². The zero-order chi connectivity index (χ0) is 26.1. The van der Waals surface area contributed by atoms with Crippen LogP contribution in [-0.2, 0) is 4.79 Å². The molecule has 1 nitrogen and oxygen atoms in total. The number of hydrogen-bond donors (Lipinski definition) is 0. The second kappa shape index (κ2) is 17.8. The van der Waals surface area contributed by atoms with Crippen molar-refractivity contribution in [2.24, 2.45) is 5.92 Å². The Morgan fingerprint density at radius 1 is 0.971 bits per heavy atom. The standard InChI is InChI=1S/C25H27FOS.C4H8.C2H6/c1-6-17(2)25(28-19(4)8-7-18(3)27)20(5)21-9-11-22(12-10-21)23-13-15-24(26)16-14-23;1-3-4-2;1-2/h6,9-17H,1,4,7-8H2,2-3,5H3;3H,1,4H2,2H3;1-2H3/b25-20+;;. The number of Topliss-reactive ketones (excluding diaryl/α,β-unsaturated/α-hetero) is 1. The van der Waals surface area contributed by atoms with Crippen molar-refractivity contribution in [2.75, 3.05) is 0 Å². The summed E-state index contributed by atoms with van der Waals surface area (Å²) in [5.41, 5.74) is 4.34. The van der Waals surface area contributed by atoms with E-state index in [4.69, 9.17) is 0 Å². The van der Waals surface area contributed by atoms with Crippen molar-refractivity contribution < 1.29 is 9.18 Å². The molecule has 184 valence electrons. The summed E-state index contributed by atoms with van der Waals surface area (Å²) >= 11 is 1.64. The van der Waals surface area contributed by atoms with Gasteiger partial charge >= 0.3 is 0 Å². The zero-order valence-electron chi connectivity index (χ0n) is 21.8. The molecule has 0 fully saturated rings. The Hall–Kier alpha value is -2.65. The van der Waals surface area contributed by atoms with Crippen molar-refractivity contribution in [1.29, 1.82) is 0 Å². The summed E-state index contributed by atoms with van der Waals surface area (Å²) in [7, 11) is 0. The van der Waals surface area contributed by atoms with Crippen LogP contribution in [0.15, 0.2) is 90.2 Å². The van der Waals surface area contributed by atoms with E-state index in [9.17, 15) is 9.18 Å². The molecule has 0 N–H and O–H groups in total. The molecule has 0 radical (unpaired) electrons. The van der Waals surface area contributed by atoms with Gasteiger partial charge < -0.3 is 4.79 Å². The Balaban J connectivity index is 0.00000164. The van der Waals surface area contributed by atoms with Crippen LogP contribution in [0.2, 0.25) is 0 Å². The number of allylic oxidation sites excluding steroid dienone is 5. The SMILES string of the molecule is C=CC(C)/C(SC(=C)CCC(C)=O)=C(/C)c1ccc(-c2ccc(F)cc2)cc1.C=CCC.CC. The highest BCUT2D eigenvalue weighted by molar-refractivity contribution is 8.06. The highest BCUT2D eigenvalue weighted by atomic mass is 32.2. The fourth-order valence-electron chi connectivity index (χ4n) is 2.84. The van der Waals surface area contributed by atoms with Crippen LogP contribution in [0, 0.1) is 11.7 Å². The molecule has 0 heterocycles. The summed E-state index contributed by atoms with van der Waals surface area (Å²) in [4.78, 5) is 13.4. The lowest BCUT2D eigenvalue weighted by Crippen LogP contribution is -1.97. The Bertz CT molecular complexity index is 936. The molecule has 3 heteroatoms. The molecular formula is C31H41FOS. The van der Waals surface area contributed by atoms with Gasteiger partial charge in [0.15, 0.2) is 0 Å². The second-order valence-electron chi connectivity index (χ2n) is 7.64. The first-order valence-electron chi connectivity index (χ1n) is 11.9. The first-order chi connectivity index (χ1) is 16.2. The summed E-state index contributed by atoms with van der Waals surface area (Å²) in [6, 6.07) is 14.8. The Kier molecular flexibility index (Phi) is 16.4. The summed E-state index contributed by atoms with van der Waals surface area (Å²) in [6.07, 6.45) is 6.09. The minimum Gasteiger partial charge on any atom is -0.300 e. The molecule has 1 atom stereocenters. The van der Waals surface area contributed by atoms with Crippen LogP contribution >= 0.6 is 11.8 Å². The highest BCUT2D eigenvalue weighted by Gasteiger charge is 2.14. The molecule has 0 aliphatic rings. The van der Waals surface area contributed by atoms with Crippen LogP contribution in [0.25, 0.3) is 16.7 Å². The molecule has 2 rings (SSSR count). The van der Waals surface area contributed by atoms with Gasteiger partial charge in [-0.3, -0.25) is 0 Å². The van der Waals surface area contributed by atoms with Crippen molar-refractivity contribution in [3.8, 4) is 11.1 Å². The van der Waals surface area contributed by atoms with Gasteiger partial charge in [0.2, 0.25) is 0 Å². The van der Waals surface area contributed by atoms with Crippen LogP contribution < -0.4 is 0 Å². The lowest BCUT2D eigenvalue weighted by Gasteiger charge is -2.18. The van der Waals surface area contributed by atoms with Gasteiger partial charge in [0.1, 0.15) is 11.6 Å². The third-order valence-electron chi connectivity index (χ3n) is 4.93. The first kappa shape index (κ1) is 31.4. The molecule has 2 aromatic rings. The van der Waals surface area contributed by atoms with Crippen molar-refractivity contribution >= 4 is 23.1 Å². The fraction of sp³-hybridized carbons (Fsp3) is 0.323. The van der Waals surface area contributed by atoms with E-state index in [0.29, 0.717) is 12.8 Å². The number of thioether (sulfide) groups is 1. The monoisotopic (exact) mass is 480 g/mol. The van der Waals surface area contributed by atoms with Crippen LogP contribution in [0.4, 0.5) is 4.39 Å². The Morgan fingerprint density at radius 3 is 1.85 bits per heavy atom. The van der Waals surface area contributed by atoms with E-state index < -0.39 is 0 Å². The van der Waals surface area contributed by atoms with Crippen LogP contribution in [-0.4, -0.2) is 5.78 Å². The van der Waals surface area contributed by atoms with Crippen LogP contribution in [0.3, 0.4) is 0 Å². The maximum atomic E-state index is 13.1. The molecule has 34 heavy (non-hydrogen) atoms. The van der Waals surface area contributed by atoms with Crippen LogP contribution in [0.1, 0.15) is 66.4 Å². The number of carbonyl (C=O) groups excluding carboxylic acids is 1. The quantitative estimate of drug-likeness (QED) is 0.315. The maximum Gasteiger partial charge on any atom is 0.130 e. The predicted molar refractivity (Wildman–Crippen MR) is 152 cm³/mol. The zero-order valence-corrected chi connectivity index (χ0v) is 22.6. The third-order valence-corrected chi connectivity index (χ3v) is 6.32. The van der Waals surface area contributed by atoms with Crippen molar-refractivity contribution in [1.82, 2.24) is 0 Å². The number of benzene rings is 2. The smallest absolute Gasteiger partial charge is 0.130 e. The van der Waals surface area contributed by atoms with Gasteiger partial charge in [-0.15, -0.1) is 13.2 Å².